The highest BCUT2D eigenvalue weighted by atomic mass is 35.5. The maximum absolute atomic E-state index is 12.6. The molecule has 0 spiro atoms. The zero-order valence-electron chi connectivity index (χ0n) is 15.1. The molecule has 1 heterocycles. The number of ether oxygens (including phenoxy) is 1. The number of rotatable bonds is 5. The van der Waals surface area contributed by atoms with Gasteiger partial charge in [-0.3, -0.25) is 4.79 Å². The smallest absolute Gasteiger partial charge is 0.230 e. The molecule has 0 saturated carbocycles. The highest BCUT2D eigenvalue weighted by Gasteiger charge is 2.23. The maximum atomic E-state index is 12.6. The van der Waals surface area contributed by atoms with E-state index < -0.39 is 9.84 Å². The lowest BCUT2D eigenvalue weighted by atomic mass is 9.99. The SMILES string of the molecule is CS(=O)(=O)c1ccc(OCCC(=O)N2CCCc3c(N)cccc32)cc1.Cl. The van der Waals surface area contributed by atoms with Gasteiger partial charge >= 0.3 is 0 Å². The Labute approximate surface area is 165 Å². The maximum Gasteiger partial charge on any atom is 0.230 e. The van der Waals surface area contributed by atoms with Gasteiger partial charge in [-0.2, -0.15) is 0 Å². The van der Waals surface area contributed by atoms with Crippen LogP contribution < -0.4 is 15.4 Å². The van der Waals surface area contributed by atoms with Gasteiger partial charge in [0.15, 0.2) is 9.84 Å². The summed E-state index contributed by atoms with van der Waals surface area (Å²) in [7, 11) is -3.23. The fraction of sp³-hybridized carbons (Fsp3) is 0.316. The molecule has 0 unspecified atom stereocenters. The number of benzene rings is 2. The Morgan fingerprint density at radius 1 is 1.19 bits per heavy atom. The van der Waals surface area contributed by atoms with Gasteiger partial charge in [-0.15, -0.1) is 12.4 Å². The van der Waals surface area contributed by atoms with Crippen LogP contribution in [-0.2, 0) is 21.1 Å². The van der Waals surface area contributed by atoms with Crippen LogP contribution in [0.1, 0.15) is 18.4 Å². The number of sulfone groups is 1. The third-order valence-corrected chi connectivity index (χ3v) is 5.55. The molecule has 27 heavy (non-hydrogen) atoms. The van der Waals surface area contributed by atoms with Gasteiger partial charge in [-0.1, -0.05) is 6.07 Å². The van der Waals surface area contributed by atoms with Crippen LogP contribution in [0.2, 0.25) is 0 Å². The summed E-state index contributed by atoms with van der Waals surface area (Å²) in [5, 5.41) is 0. The van der Waals surface area contributed by atoms with Crippen LogP contribution in [0, 0.1) is 0 Å². The molecule has 2 aromatic rings. The van der Waals surface area contributed by atoms with E-state index in [9.17, 15) is 13.2 Å². The van der Waals surface area contributed by atoms with Crippen LogP contribution in [-0.4, -0.2) is 33.7 Å². The molecule has 1 aliphatic heterocycles. The fourth-order valence-corrected chi connectivity index (χ4v) is 3.72. The minimum atomic E-state index is -3.23. The molecule has 0 radical (unpaired) electrons. The number of carbonyl (C=O) groups is 1. The molecular weight excluding hydrogens is 388 g/mol. The van der Waals surface area contributed by atoms with Crippen LogP contribution in [0.25, 0.3) is 0 Å². The van der Waals surface area contributed by atoms with E-state index in [0.29, 0.717) is 12.3 Å². The van der Waals surface area contributed by atoms with Crippen molar-refractivity contribution >= 4 is 39.5 Å². The van der Waals surface area contributed by atoms with Gasteiger partial charge in [-0.05, 0) is 54.8 Å². The van der Waals surface area contributed by atoms with Crippen molar-refractivity contribution in [1.82, 2.24) is 0 Å². The van der Waals surface area contributed by atoms with Crippen molar-refractivity contribution in [3.05, 3.63) is 48.0 Å². The van der Waals surface area contributed by atoms with Crippen molar-refractivity contribution < 1.29 is 17.9 Å². The summed E-state index contributed by atoms with van der Waals surface area (Å²) in [6.07, 6.45) is 3.17. The van der Waals surface area contributed by atoms with E-state index in [1.807, 2.05) is 18.2 Å². The molecule has 0 aromatic heterocycles. The first-order valence-electron chi connectivity index (χ1n) is 8.47. The van der Waals surface area contributed by atoms with Gasteiger partial charge in [0.1, 0.15) is 5.75 Å². The number of nitrogen functional groups attached to an aromatic ring is 1. The molecule has 146 valence electrons. The molecule has 2 N–H and O–H groups in total. The first kappa shape index (κ1) is 21.1. The summed E-state index contributed by atoms with van der Waals surface area (Å²) >= 11 is 0. The molecule has 0 saturated heterocycles. The summed E-state index contributed by atoms with van der Waals surface area (Å²) in [5.41, 5.74) is 8.66. The Kier molecular flexibility index (Phi) is 6.73. The van der Waals surface area contributed by atoms with Crippen molar-refractivity contribution in [2.45, 2.75) is 24.2 Å². The molecule has 0 atom stereocenters. The van der Waals surface area contributed by atoms with Gasteiger partial charge in [0.05, 0.1) is 17.9 Å². The molecule has 0 aliphatic carbocycles. The fourth-order valence-electron chi connectivity index (χ4n) is 3.08. The quantitative estimate of drug-likeness (QED) is 0.765. The molecule has 3 rings (SSSR count). The van der Waals surface area contributed by atoms with Crippen LogP contribution in [0.5, 0.6) is 5.75 Å². The first-order valence-corrected chi connectivity index (χ1v) is 10.4. The summed E-state index contributed by atoms with van der Waals surface area (Å²) in [5.74, 6) is 0.526. The zero-order chi connectivity index (χ0) is 18.7. The molecule has 0 fully saturated rings. The second-order valence-corrected chi connectivity index (χ2v) is 8.35. The molecule has 8 heteroatoms. The largest absolute Gasteiger partial charge is 0.493 e. The summed E-state index contributed by atoms with van der Waals surface area (Å²) in [6, 6.07) is 11.8. The standard InChI is InChI=1S/C19H22N2O4S.ClH/c1-26(23,24)15-9-7-14(8-10-15)25-13-11-19(22)21-12-3-4-16-17(20)5-2-6-18(16)21;/h2,5-10H,3-4,11-13,20H2,1H3;1H. The molecule has 2 aromatic carbocycles. The number of nitrogens with two attached hydrogens (primary N) is 1. The average Bonchev–Trinajstić information content (AvgIpc) is 2.61. The summed E-state index contributed by atoms with van der Waals surface area (Å²) in [4.78, 5) is 14.6. The minimum absolute atomic E-state index is 0. The Morgan fingerprint density at radius 3 is 2.56 bits per heavy atom. The lowest BCUT2D eigenvalue weighted by Crippen LogP contribution is -2.36. The number of carbonyl (C=O) groups excluding carboxylic acids is 1. The molecule has 1 amide bonds. The van der Waals surface area contributed by atoms with Gasteiger partial charge in [-0.25, -0.2) is 8.42 Å². The van der Waals surface area contributed by atoms with Crippen molar-refractivity contribution in [2.75, 3.05) is 30.0 Å². The monoisotopic (exact) mass is 410 g/mol. The topological polar surface area (TPSA) is 89.7 Å². The van der Waals surface area contributed by atoms with Crippen molar-refractivity contribution in [3.8, 4) is 5.75 Å². The Bertz CT molecular complexity index is 914. The highest BCUT2D eigenvalue weighted by molar-refractivity contribution is 7.90. The lowest BCUT2D eigenvalue weighted by Gasteiger charge is -2.30. The Hall–Kier alpha value is -2.25. The summed E-state index contributed by atoms with van der Waals surface area (Å²) < 4.78 is 28.5. The molecule has 1 aliphatic rings. The highest BCUT2D eigenvalue weighted by Crippen LogP contribution is 2.31. The second-order valence-electron chi connectivity index (χ2n) is 6.34. The van der Waals surface area contributed by atoms with Crippen molar-refractivity contribution in [3.63, 3.8) is 0 Å². The Morgan fingerprint density at radius 2 is 1.89 bits per heavy atom. The number of anilines is 2. The van der Waals surface area contributed by atoms with E-state index in [-0.39, 0.29) is 36.2 Å². The lowest BCUT2D eigenvalue weighted by molar-refractivity contribution is -0.119. The van der Waals surface area contributed by atoms with E-state index >= 15 is 0 Å². The van der Waals surface area contributed by atoms with Gasteiger partial charge in [0.25, 0.3) is 0 Å². The third kappa shape index (κ3) is 4.93. The minimum Gasteiger partial charge on any atom is -0.493 e. The normalized spacial score (nSPS) is 13.4. The van der Waals surface area contributed by atoms with Gasteiger partial charge in [0.2, 0.25) is 5.91 Å². The average molecular weight is 411 g/mol. The van der Waals surface area contributed by atoms with Gasteiger partial charge in [0, 0.05) is 24.2 Å². The number of amides is 1. The van der Waals surface area contributed by atoms with Crippen LogP contribution in [0.15, 0.2) is 47.4 Å². The van der Waals surface area contributed by atoms with Gasteiger partial charge < -0.3 is 15.4 Å². The molecule has 0 bridgehead atoms. The van der Waals surface area contributed by atoms with E-state index in [1.165, 1.54) is 12.1 Å². The zero-order valence-corrected chi connectivity index (χ0v) is 16.7. The Balaban J connectivity index is 0.00000261. The predicted octanol–water partition coefficient (Wildman–Crippen LogP) is 2.84. The van der Waals surface area contributed by atoms with Crippen LogP contribution in [0.3, 0.4) is 0 Å². The van der Waals surface area contributed by atoms with E-state index in [0.717, 1.165) is 36.0 Å². The van der Waals surface area contributed by atoms with Crippen molar-refractivity contribution in [1.29, 1.82) is 0 Å². The number of hydrogen-bond donors (Lipinski definition) is 1. The first-order chi connectivity index (χ1) is 12.4. The summed E-state index contributed by atoms with van der Waals surface area (Å²) in [6.45, 7) is 0.906. The molecule has 6 nitrogen and oxygen atoms in total. The third-order valence-electron chi connectivity index (χ3n) is 4.42. The van der Waals surface area contributed by atoms with Crippen LogP contribution in [0.4, 0.5) is 11.4 Å². The second kappa shape index (κ2) is 8.63. The number of halogens is 1. The van der Waals surface area contributed by atoms with E-state index in [4.69, 9.17) is 10.5 Å². The number of nitrogens with zero attached hydrogens (tertiary/aromatic N) is 1. The predicted molar refractivity (Wildman–Crippen MR) is 108 cm³/mol. The van der Waals surface area contributed by atoms with Crippen LogP contribution >= 0.6 is 12.4 Å². The number of hydrogen-bond acceptors (Lipinski definition) is 5. The van der Waals surface area contributed by atoms with E-state index in [2.05, 4.69) is 0 Å². The molecular formula is C19H23ClN2O4S. The van der Waals surface area contributed by atoms with Crippen molar-refractivity contribution in [2.24, 2.45) is 0 Å². The van der Waals surface area contributed by atoms with E-state index in [1.54, 1.807) is 17.0 Å². The number of fused-ring (bicyclic) bond motifs is 1.